The van der Waals surface area contributed by atoms with Crippen LogP contribution in [0.2, 0.25) is 0 Å². The van der Waals surface area contributed by atoms with Gasteiger partial charge in [0.05, 0.1) is 6.54 Å². The molecule has 4 heteroatoms. The smallest absolute Gasteiger partial charge is 0.319 e. The Morgan fingerprint density at radius 3 is 2.67 bits per heavy atom. The molecule has 0 saturated heterocycles. The third-order valence-corrected chi connectivity index (χ3v) is 3.82. The van der Waals surface area contributed by atoms with Gasteiger partial charge in [-0.1, -0.05) is 38.1 Å². The van der Waals surface area contributed by atoms with Crippen LogP contribution in [0.5, 0.6) is 5.75 Å². The summed E-state index contributed by atoms with van der Waals surface area (Å²) in [4.78, 5) is 12.0. The largest absolute Gasteiger partial charge is 0.492 e. The van der Waals surface area contributed by atoms with Crippen LogP contribution >= 0.6 is 0 Å². The van der Waals surface area contributed by atoms with Crippen molar-refractivity contribution in [1.29, 1.82) is 0 Å². The van der Waals surface area contributed by atoms with Gasteiger partial charge in [0.2, 0.25) is 0 Å². The predicted molar refractivity (Wildman–Crippen MR) is 99.0 cm³/mol. The van der Waals surface area contributed by atoms with Crippen LogP contribution in [0.1, 0.15) is 36.5 Å². The maximum Gasteiger partial charge on any atom is 0.319 e. The third kappa shape index (κ3) is 5.30. The second-order valence-electron chi connectivity index (χ2n) is 6.27. The molecule has 128 valence electrons. The standard InChI is InChI=1S/C20H26N2O2/c1-14(2)17-6-5-7-18(13-17)24-11-10-21-20(23)22-19-12-15(3)8-9-16(19)4/h5-9,12-14H,10-11H2,1-4H3,(H2,21,22,23). The van der Waals surface area contributed by atoms with E-state index in [1.54, 1.807) is 0 Å². The molecular weight excluding hydrogens is 300 g/mol. The molecule has 0 atom stereocenters. The second-order valence-corrected chi connectivity index (χ2v) is 6.27. The third-order valence-electron chi connectivity index (χ3n) is 3.82. The number of aryl methyl sites for hydroxylation is 2. The number of amides is 2. The summed E-state index contributed by atoms with van der Waals surface area (Å²) in [6.07, 6.45) is 0. The lowest BCUT2D eigenvalue weighted by Crippen LogP contribution is -2.32. The zero-order chi connectivity index (χ0) is 17.5. The summed E-state index contributed by atoms with van der Waals surface area (Å²) >= 11 is 0. The van der Waals surface area contributed by atoms with Gasteiger partial charge >= 0.3 is 6.03 Å². The van der Waals surface area contributed by atoms with Crippen molar-refractivity contribution in [3.05, 3.63) is 59.2 Å². The average Bonchev–Trinajstić information content (AvgIpc) is 2.55. The Morgan fingerprint density at radius 1 is 1.12 bits per heavy atom. The summed E-state index contributed by atoms with van der Waals surface area (Å²) in [7, 11) is 0. The number of ether oxygens (including phenoxy) is 1. The summed E-state index contributed by atoms with van der Waals surface area (Å²) < 4.78 is 5.70. The van der Waals surface area contributed by atoms with Crippen molar-refractivity contribution < 1.29 is 9.53 Å². The zero-order valence-corrected chi connectivity index (χ0v) is 14.8. The molecule has 4 nitrogen and oxygen atoms in total. The predicted octanol–water partition coefficient (Wildman–Crippen LogP) is 4.63. The first-order valence-corrected chi connectivity index (χ1v) is 8.30. The topological polar surface area (TPSA) is 50.4 Å². The highest BCUT2D eigenvalue weighted by molar-refractivity contribution is 5.90. The molecule has 2 N–H and O–H groups in total. The Balaban J connectivity index is 1.77. The molecule has 0 aliphatic rings. The van der Waals surface area contributed by atoms with Crippen LogP contribution in [0.25, 0.3) is 0 Å². The fraction of sp³-hybridized carbons (Fsp3) is 0.350. The highest BCUT2D eigenvalue weighted by atomic mass is 16.5. The van der Waals surface area contributed by atoms with E-state index in [0.717, 1.165) is 22.6 Å². The van der Waals surface area contributed by atoms with Crippen LogP contribution in [0, 0.1) is 13.8 Å². The number of carbonyl (C=O) groups is 1. The number of nitrogens with one attached hydrogen (secondary N) is 2. The first kappa shape index (κ1) is 17.9. The van der Waals surface area contributed by atoms with Gasteiger partial charge in [0.1, 0.15) is 12.4 Å². The number of rotatable bonds is 6. The molecule has 2 amide bonds. The maximum atomic E-state index is 12.0. The minimum atomic E-state index is -0.219. The Bertz CT molecular complexity index is 696. The van der Waals surface area contributed by atoms with Crippen LogP contribution in [0.15, 0.2) is 42.5 Å². The number of urea groups is 1. The molecule has 0 heterocycles. The fourth-order valence-corrected chi connectivity index (χ4v) is 2.33. The Kier molecular flexibility index (Phi) is 6.24. The van der Waals surface area contributed by atoms with Crippen LogP contribution < -0.4 is 15.4 Å². The molecule has 0 bridgehead atoms. The van der Waals surface area contributed by atoms with Gasteiger partial charge < -0.3 is 15.4 Å². The Hall–Kier alpha value is -2.49. The van der Waals surface area contributed by atoms with Crippen molar-refractivity contribution in [3.63, 3.8) is 0 Å². The van der Waals surface area contributed by atoms with Gasteiger partial charge in [-0.15, -0.1) is 0 Å². The molecule has 2 aromatic rings. The van der Waals surface area contributed by atoms with E-state index in [9.17, 15) is 4.79 Å². The first-order chi connectivity index (χ1) is 11.5. The molecule has 2 aromatic carbocycles. The van der Waals surface area contributed by atoms with E-state index in [2.05, 4.69) is 30.5 Å². The van der Waals surface area contributed by atoms with E-state index in [4.69, 9.17) is 4.74 Å². The van der Waals surface area contributed by atoms with Gasteiger partial charge in [-0.3, -0.25) is 0 Å². The molecule has 24 heavy (non-hydrogen) atoms. The summed E-state index contributed by atoms with van der Waals surface area (Å²) in [5.74, 6) is 1.30. The summed E-state index contributed by atoms with van der Waals surface area (Å²) in [6.45, 7) is 9.16. The van der Waals surface area contributed by atoms with Gasteiger partial charge in [0, 0.05) is 5.69 Å². The number of anilines is 1. The van der Waals surface area contributed by atoms with Crippen molar-refractivity contribution in [2.45, 2.75) is 33.6 Å². The molecular formula is C20H26N2O2. The van der Waals surface area contributed by atoms with E-state index in [1.165, 1.54) is 5.56 Å². The molecule has 0 unspecified atom stereocenters. The molecule has 0 radical (unpaired) electrons. The SMILES string of the molecule is Cc1ccc(C)c(NC(=O)NCCOc2cccc(C(C)C)c2)c1. The van der Waals surface area contributed by atoms with E-state index >= 15 is 0 Å². The Morgan fingerprint density at radius 2 is 1.92 bits per heavy atom. The Labute approximate surface area is 144 Å². The molecule has 0 aromatic heterocycles. The number of carbonyl (C=O) groups excluding carboxylic acids is 1. The number of hydrogen-bond donors (Lipinski definition) is 2. The minimum Gasteiger partial charge on any atom is -0.492 e. The van der Waals surface area contributed by atoms with Crippen LogP contribution in [0.4, 0.5) is 10.5 Å². The summed E-state index contributed by atoms with van der Waals surface area (Å²) in [5.41, 5.74) is 4.23. The van der Waals surface area contributed by atoms with E-state index < -0.39 is 0 Å². The summed E-state index contributed by atoms with van der Waals surface area (Å²) in [6, 6.07) is 13.8. The monoisotopic (exact) mass is 326 g/mol. The van der Waals surface area contributed by atoms with Gasteiger partial charge in [-0.25, -0.2) is 4.79 Å². The van der Waals surface area contributed by atoms with E-state index in [0.29, 0.717) is 19.1 Å². The lowest BCUT2D eigenvalue weighted by molar-refractivity contribution is 0.247. The van der Waals surface area contributed by atoms with Crippen molar-refractivity contribution >= 4 is 11.7 Å². The second kappa shape index (κ2) is 8.39. The van der Waals surface area contributed by atoms with Crippen molar-refractivity contribution in [2.24, 2.45) is 0 Å². The van der Waals surface area contributed by atoms with Gasteiger partial charge in [-0.05, 0) is 54.7 Å². The lowest BCUT2D eigenvalue weighted by Gasteiger charge is -2.12. The van der Waals surface area contributed by atoms with Crippen molar-refractivity contribution in [1.82, 2.24) is 5.32 Å². The van der Waals surface area contributed by atoms with Crippen molar-refractivity contribution in [3.8, 4) is 5.75 Å². The van der Waals surface area contributed by atoms with Crippen molar-refractivity contribution in [2.75, 3.05) is 18.5 Å². The summed E-state index contributed by atoms with van der Waals surface area (Å²) in [5, 5.41) is 5.68. The van der Waals surface area contributed by atoms with Crippen LogP contribution in [-0.4, -0.2) is 19.2 Å². The average molecular weight is 326 g/mol. The fourth-order valence-electron chi connectivity index (χ4n) is 2.33. The molecule has 0 aliphatic carbocycles. The molecule has 0 aliphatic heterocycles. The highest BCUT2D eigenvalue weighted by Crippen LogP contribution is 2.20. The minimum absolute atomic E-state index is 0.219. The highest BCUT2D eigenvalue weighted by Gasteiger charge is 2.05. The molecule has 0 fully saturated rings. The number of hydrogen-bond acceptors (Lipinski definition) is 2. The van der Waals surface area contributed by atoms with Gasteiger partial charge in [0.15, 0.2) is 0 Å². The van der Waals surface area contributed by atoms with E-state index in [-0.39, 0.29) is 6.03 Å². The molecule has 0 spiro atoms. The van der Waals surface area contributed by atoms with Gasteiger partial charge in [-0.2, -0.15) is 0 Å². The van der Waals surface area contributed by atoms with Crippen LogP contribution in [0.3, 0.4) is 0 Å². The quantitative estimate of drug-likeness (QED) is 0.761. The zero-order valence-electron chi connectivity index (χ0n) is 14.8. The normalized spacial score (nSPS) is 10.5. The molecule has 0 saturated carbocycles. The number of benzene rings is 2. The first-order valence-electron chi connectivity index (χ1n) is 8.30. The lowest BCUT2D eigenvalue weighted by atomic mass is 10.0. The van der Waals surface area contributed by atoms with E-state index in [1.807, 2.05) is 50.2 Å². The maximum absolute atomic E-state index is 12.0. The van der Waals surface area contributed by atoms with Crippen LogP contribution in [-0.2, 0) is 0 Å². The van der Waals surface area contributed by atoms with Gasteiger partial charge in [0.25, 0.3) is 0 Å². The molecule has 2 rings (SSSR count).